The number of hydrogen-bond donors (Lipinski definition) is 2. The van der Waals surface area contributed by atoms with E-state index in [0.717, 1.165) is 16.5 Å². The van der Waals surface area contributed by atoms with Crippen molar-refractivity contribution in [2.75, 3.05) is 12.0 Å². The number of aliphatic hydroxyl groups excluding tert-OH is 1. The smallest absolute Gasteiger partial charge is 0.248 e. The van der Waals surface area contributed by atoms with E-state index in [-0.39, 0.29) is 23.7 Å². The largest absolute Gasteiger partial charge is 0.497 e. The van der Waals surface area contributed by atoms with Crippen LogP contribution in [0.2, 0.25) is 5.02 Å². The second-order valence-electron chi connectivity index (χ2n) is 14.4. The summed E-state index contributed by atoms with van der Waals surface area (Å²) in [6, 6.07) is 23.0. The number of carbonyl (C=O) groups excluding carboxylic acids is 2. The Morgan fingerprint density at radius 1 is 0.959 bits per heavy atom. The Labute approximate surface area is 293 Å². The molecule has 0 fully saturated rings. The van der Waals surface area contributed by atoms with Crippen molar-refractivity contribution in [1.29, 1.82) is 0 Å². The predicted molar refractivity (Wildman–Crippen MR) is 196 cm³/mol. The number of ether oxygens (including phenoxy) is 1. The number of nitrogens with one attached hydrogen (secondary N) is 1. The van der Waals surface area contributed by atoms with Gasteiger partial charge in [0.15, 0.2) is 6.23 Å². The van der Waals surface area contributed by atoms with Crippen molar-refractivity contribution in [3.8, 4) is 5.75 Å². The van der Waals surface area contributed by atoms with Crippen molar-refractivity contribution in [3.63, 3.8) is 0 Å². The summed E-state index contributed by atoms with van der Waals surface area (Å²) in [7, 11) is 1.59. The van der Waals surface area contributed by atoms with E-state index in [2.05, 4.69) is 31.1 Å². The first-order valence-corrected chi connectivity index (χ1v) is 16.7. The lowest BCUT2D eigenvalue weighted by atomic mass is 9.87. The number of halogens is 1. The van der Waals surface area contributed by atoms with Gasteiger partial charge in [-0.1, -0.05) is 62.7 Å². The molecule has 9 heteroatoms. The van der Waals surface area contributed by atoms with Crippen LogP contribution < -0.4 is 15.0 Å². The molecule has 2 heterocycles. The molecule has 0 aliphatic rings. The van der Waals surface area contributed by atoms with Crippen LogP contribution in [0.4, 0.5) is 5.69 Å². The number of hydrogen-bond acceptors (Lipinski definition) is 5. The van der Waals surface area contributed by atoms with Crippen molar-refractivity contribution in [1.82, 2.24) is 14.9 Å². The van der Waals surface area contributed by atoms with Crippen LogP contribution in [0.3, 0.4) is 0 Å². The Hall–Kier alpha value is -4.66. The maximum Gasteiger partial charge on any atom is 0.248 e. The molecule has 2 N–H and O–H groups in total. The van der Waals surface area contributed by atoms with Crippen LogP contribution in [-0.2, 0) is 21.4 Å². The van der Waals surface area contributed by atoms with Gasteiger partial charge in [0.2, 0.25) is 11.8 Å². The average molecular weight is 681 g/mol. The van der Waals surface area contributed by atoms with Gasteiger partial charge in [0.25, 0.3) is 0 Å². The summed E-state index contributed by atoms with van der Waals surface area (Å²) in [6.45, 7) is 14.0. The Kier molecular flexibility index (Phi) is 10.2. The highest BCUT2D eigenvalue weighted by Crippen LogP contribution is 2.36. The van der Waals surface area contributed by atoms with Crippen molar-refractivity contribution >= 4 is 40.0 Å². The lowest BCUT2D eigenvalue weighted by Crippen LogP contribution is -2.50. The maximum absolute atomic E-state index is 14.9. The molecule has 8 nitrogen and oxygen atoms in total. The maximum atomic E-state index is 14.9. The molecule has 0 radical (unpaired) electrons. The molecular formula is C40H45ClN4O4. The van der Waals surface area contributed by atoms with Crippen LogP contribution in [0.15, 0.2) is 91.3 Å². The minimum atomic E-state index is -1.04. The highest BCUT2D eigenvalue weighted by atomic mass is 35.5. The number of fused-ring (bicyclic) bond motifs is 1. The second-order valence-corrected chi connectivity index (χ2v) is 14.8. The van der Waals surface area contributed by atoms with E-state index in [4.69, 9.17) is 16.3 Å². The fourth-order valence-electron chi connectivity index (χ4n) is 6.13. The quantitative estimate of drug-likeness (QED) is 0.164. The number of amides is 2. The number of carbonyl (C=O) groups is 2. The Morgan fingerprint density at radius 2 is 1.63 bits per heavy atom. The topological polar surface area (TPSA) is 96.7 Å². The third-order valence-corrected chi connectivity index (χ3v) is 8.86. The summed E-state index contributed by atoms with van der Waals surface area (Å²) in [5.41, 5.74) is 4.40. The van der Waals surface area contributed by atoms with E-state index in [1.165, 1.54) is 0 Å². The van der Waals surface area contributed by atoms with Gasteiger partial charge in [-0.2, -0.15) is 0 Å². The highest BCUT2D eigenvalue weighted by Gasteiger charge is 2.36. The second kappa shape index (κ2) is 14.1. The fourth-order valence-corrected chi connectivity index (χ4v) is 6.25. The van der Waals surface area contributed by atoms with Gasteiger partial charge in [-0.3, -0.25) is 19.5 Å². The summed E-state index contributed by atoms with van der Waals surface area (Å²) in [5, 5.41) is 16.1. The van der Waals surface area contributed by atoms with E-state index in [1.54, 1.807) is 54.7 Å². The summed E-state index contributed by atoms with van der Waals surface area (Å²) in [5.74, 6) is -0.00755. The zero-order chi connectivity index (χ0) is 35.7. The number of nitrogens with zero attached hydrogens (tertiary/aromatic N) is 3. The molecule has 0 bridgehead atoms. The molecule has 5 aromatic rings. The fraction of sp³-hybridized carbons (Fsp3) is 0.325. The van der Waals surface area contributed by atoms with Crippen molar-refractivity contribution in [2.45, 2.75) is 78.1 Å². The first kappa shape index (κ1) is 35.6. The van der Waals surface area contributed by atoms with E-state index in [9.17, 15) is 14.7 Å². The molecule has 49 heavy (non-hydrogen) atoms. The number of aliphatic hydroxyl groups is 1. The molecule has 0 saturated carbocycles. The number of aromatic nitrogens is 2. The van der Waals surface area contributed by atoms with Gasteiger partial charge in [-0.05, 0) is 92.8 Å². The molecule has 0 spiro atoms. The van der Waals surface area contributed by atoms with E-state index in [0.29, 0.717) is 38.8 Å². The molecule has 0 aliphatic heterocycles. The van der Waals surface area contributed by atoms with Gasteiger partial charge in [-0.15, -0.1) is 0 Å². The highest BCUT2D eigenvalue weighted by molar-refractivity contribution is 6.30. The van der Waals surface area contributed by atoms with Crippen LogP contribution in [0.25, 0.3) is 10.9 Å². The molecule has 2 unspecified atom stereocenters. The summed E-state index contributed by atoms with van der Waals surface area (Å²) in [4.78, 5) is 35.0. The van der Waals surface area contributed by atoms with Crippen LogP contribution in [0.1, 0.15) is 81.8 Å². The SMILES string of the molecule is COc1ccc2c(c1)c(CC(=O)N(c1ccc(C(C)(C)C)cc1)C(C(=O)NC(C)(C)C)c1cccnc1)c(C)n2C(O)c1ccc(Cl)cc1. The van der Waals surface area contributed by atoms with Crippen LogP contribution in [-0.4, -0.2) is 39.1 Å². The molecule has 0 saturated heterocycles. The predicted octanol–water partition coefficient (Wildman–Crippen LogP) is 8.08. The van der Waals surface area contributed by atoms with Gasteiger partial charge in [0.05, 0.1) is 19.0 Å². The van der Waals surface area contributed by atoms with E-state index < -0.39 is 17.8 Å². The van der Waals surface area contributed by atoms with Crippen molar-refractivity contribution < 1.29 is 19.4 Å². The van der Waals surface area contributed by atoms with Gasteiger partial charge in [0.1, 0.15) is 11.8 Å². The molecule has 2 atom stereocenters. The number of rotatable bonds is 9. The molecule has 2 aromatic heterocycles. The number of anilines is 1. The molecule has 256 valence electrons. The zero-order valence-electron chi connectivity index (χ0n) is 29.4. The summed E-state index contributed by atoms with van der Waals surface area (Å²) >= 11 is 6.14. The van der Waals surface area contributed by atoms with Crippen LogP contribution in [0, 0.1) is 6.92 Å². The number of pyridine rings is 1. The molecule has 2 amide bonds. The average Bonchev–Trinajstić information content (AvgIpc) is 3.32. The van der Waals surface area contributed by atoms with Gasteiger partial charge in [-0.25, -0.2) is 0 Å². The van der Waals surface area contributed by atoms with Crippen LogP contribution in [0.5, 0.6) is 5.75 Å². The van der Waals surface area contributed by atoms with Crippen LogP contribution >= 0.6 is 11.6 Å². The Bertz CT molecular complexity index is 1940. The van der Waals surface area contributed by atoms with E-state index >= 15 is 0 Å². The minimum Gasteiger partial charge on any atom is -0.497 e. The minimum absolute atomic E-state index is 0.0591. The molecule has 3 aromatic carbocycles. The molecule has 0 aliphatic carbocycles. The van der Waals surface area contributed by atoms with Crippen molar-refractivity contribution in [3.05, 3.63) is 124 Å². The monoisotopic (exact) mass is 680 g/mol. The Balaban J connectivity index is 1.68. The third kappa shape index (κ3) is 7.82. The number of benzene rings is 3. The third-order valence-electron chi connectivity index (χ3n) is 8.61. The number of methoxy groups -OCH3 is 1. The van der Waals surface area contributed by atoms with Crippen molar-refractivity contribution in [2.24, 2.45) is 0 Å². The first-order chi connectivity index (χ1) is 23.1. The molecular weight excluding hydrogens is 636 g/mol. The van der Waals surface area contributed by atoms with Gasteiger partial charge >= 0.3 is 0 Å². The lowest BCUT2D eigenvalue weighted by molar-refractivity contribution is -0.127. The van der Waals surface area contributed by atoms with Gasteiger partial charge in [0, 0.05) is 50.8 Å². The Morgan fingerprint density at radius 3 is 2.20 bits per heavy atom. The van der Waals surface area contributed by atoms with Gasteiger partial charge < -0.3 is 19.7 Å². The van der Waals surface area contributed by atoms with E-state index in [1.807, 2.05) is 80.8 Å². The normalized spacial score (nSPS) is 13.2. The summed E-state index contributed by atoms with van der Waals surface area (Å²) in [6.07, 6.45) is 2.17. The lowest BCUT2D eigenvalue weighted by Gasteiger charge is -2.34. The standard InChI is InChI=1S/C40H45ClN4O4/c1-25-32(33-22-31(49-8)19-20-34(33)44(25)38(48)26-11-15-29(41)16-12-26)23-35(46)45(30-17-13-28(14-18-30)39(2,3)4)36(27-10-9-21-42-24-27)37(47)43-40(5,6)7/h9-22,24,36,38,48H,23H2,1-8H3,(H,43,47). The molecule has 5 rings (SSSR count). The summed E-state index contributed by atoms with van der Waals surface area (Å²) < 4.78 is 7.39. The zero-order valence-corrected chi connectivity index (χ0v) is 30.2. The first-order valence-electron chi connectivity index (χ1n) is 16.3.